The number of carbonyl (C=O) groups excluding carboxylic acids is 1. The van der Waals surface area contributed by atoms with E-state index in [1.54, 1.807) is 12.1 Å². The fraction of sp³-hybridized carbons (Fsp3) is 0.350. The van der Waals surface area contributed by atoms with Crippen molar-refractivity contribution in [2.75, 3.05) is 11.6 Å². The minimum Gasteiger partial charge on any atom is -0.325 e. The van der Waals surface area contributed by atoms with Gasteiger partial charge < -0.3 is 5.32 Å². The van der Waals surface area contributed by atoms with E-state index in [9.17, 15) is 13.2 Å². The van der Waals surface area contributed by atoms with E-state index in [1.165, 1.54) is 30.3 Å². The molecular weight excluding hydrogens is 380 g/mol. The summed E-state index contributed by atoms with van der Waals surface area (Å²) in [4.78, 5) is 12.3. The average molecular weight is 407 g/mol. The molecule has 0 saturated heterocycles. The lowest BCUT2D eigenvalue weighted by atomic mass is 9.97. The van der Waals surface area contributed by atoms with Crippen LogP contribution in [0.4, 0.5) is 5.69 Å². The number of benzene rings is 2. The van der Waals surface area contributed by atoms with Crippen LogP contribution in [0.15, 0.2) is 40.1 Å². The van der Waals surface area contributed by atoms with Gasteiger partial charge in [0.25, 0.3) is 0 Å². The minimum atomic E-state index is -3.74. The molecule has 2 rings (SSSR count). The Balaban J connectivity index is 2.36. The molecule has 2 N–H and O–H groups in total. The van der Waals surface area contributed by atoms with E-state index in [2.05, 4.69) is 16.1 Å². The van der Waals surface area contributed by atoms with Crippen LogP contribution in [0, 0.1) is 20.8 Å². The van der Waals surface area contributed by atoms with Crippen LogP contribution in [0.1, 0.15) is 42.1 Å². The molecule has 5 nitrogen and oxygen atoms in total. The maximum atomic E-state index is 12.9. The van der Waals surface area contributed by atoms with E-state index in [0.717, 1.165) is 21.6 Å². The Morgan fingerprint density at radius 1 is 1.04 bits per heavy atom. The molecule has 0 bridgehead atoms. The van der Waals surface area contributed by atoms with Crippen molar-refractivity contribution in [3.8, 4) is 0 Å². The Morgan fingerprint density at radius 3 is 2.26 bits per heavy atom. The van der Waals surface area contributed by atoms with Crippen LogP contribution in [0.25, 0.3) is 0 Å². The third kappa shape index (κ3) is 5.12. The molecule has 0 heterocycles. The summed E-state index contributed by atoms with van der Waals surface area (Å²) in [6.45, 7) is 9.26. The Morgan fingerprint density at radius 2 is 1.67 bits per heavy atom. The summed E-state index contributed by atoms with van der Waals surface area (Å²) in [6, 6.07) is 8.47. The van der Waals surface area contributed by atoms with Gasteiger partial charge >= 0.3 is 0 Å². The second-order valence-electron chi connectivity index (χ2n) is 6.68. The predicted molar refractivity (Wildman–Crippen MR) is 112 cm³/mol. The molecule has 0 radical (unpaired) electrons. The van der Waals surface area contributed by atoms with Crippen LogP contribution < -0.4 is 10.0 Å². The van der Waals surface area contributed by atoms with Crippen LogP contribution in [-0.4, -0.2) is 20.6 Å². The fourth-order valence-corrected chi connectivity index (χ4v) is 4.74. The van der Waals surface area contributed by atoms with E-state index in [0.29, 0.717) is 5.69 Å². The quantitative estimate of drug-likeness (QED) is 0.700. The highest BCUT2D eigenvalue weighted by Gasteiger charge is 2.21. The Labute approximate surface area is 166 Å². The number of amides is 1. The molecule has 0 aromatic heterocycles. The molecule has 0 fully saturated rings. The number of aryl methyl sites for hydroxylation is 3. The molecule has 0 saturated carbocycles. The number of anilines is 1. The van der Waals surface area contributed by atoms with Gasteiger partial charge in [-0.2, -0.15) is 0 Å². The number of nitrogens with one attached hydrogen (secondary N) is 2. The van der Waals surface area contributed by atoms with E-state index in [-0.39, 0.29) is 16.8 Å². The van der Waals surface area contributed by atoms with Crippen molar-refractivity contribution in [3.63, 3.8) is 0 Å². The highest BCUT2D eigenvalue weighted by Crippen LogP contribution is 2.29. The summed E-state index contributed by atoms with van der Waals surface area (Å²) < 4.78 is 28.5. The van der Waals surface area contributed by atoms with Gasteiger partial charge in [-0.25, -0.2) is 13.1 Å². The molecule has 1 amide bonds. The van der Waals surface area contributed by atoms with E-state index < -0.39 is 10.0 Å². The smallest absolute Gasteiger partial charge is 0.241 e. The van der Waals surface area contributed by atoms with Crippen LogP contribution >= 0.6 is 11.8 Å². The third-order valence-corrected chi connectivity index (χ3v) is 6.81. The maximum absolute atomic E-state index is 12.9. The number of sulfonamides is 1. The normalized spacial score (nSPS) is 12.7. The van der Waals surface area contributed by atoms with Crippen molar-refractivity contribution in [3.05, 3.63) is 52.6 Å². The van der Waals surface area contributed by atoms with Crippen LogP contribution in [0.3, 0.4) is 0 Å². The first-order valence-corrected chi connectivity index (χ1v) is 11.3. The predicted octanol–water partition coefficient (Wildman–Crippen LogP) is 4.33. The molecule has 0 aliphatic rings. The van der Waals surface area contributed by atoms with E-state index in [4.69, 9.17) is 0 Å². The molecule has 0 aliphatic carbocycles. The zero-order chi connectivity index (χ0) is 20.4. The van der Waals surface area contributed by atoms with Crippen molar-refractivity contribution in [1.29, 1.82) is 0 Å². The van der Waals surface area contributed by atoms with Crippen LogP contribution in [0.2, 0.25) is 0 Å². The molecule has 0 aliphatic heterocycles. The summed E-state index contributed by atoms with van der Waals surface area (Å²) in [5, 5.41) is 2.69. The van der Waals surface area contributed by atoms with Gasteiger partial charge in [0.05, 0.1) is 10.6 Å². The van der Waals surface area contributed by atoms with Crippen molar-refractivity contribution in [1.82, 2.24) is 4.72 Å². The summed E-state index contributed by atoms with van der Waals surface area (Å²) >= 11 is 1.44. The average Bonchev–Trinajstić information content (AvgIpc) is 2.57. The summed E-state index contributed by atoms with van der Waals surface area (Å²) in [6.07, 6.45) is 1.87. The summed E-state index contributed by atoms with van der Waals surface area (Å²) in [7, 11) is -3.74. The van der Waals surface area contributed by atoms with E-state index in [1.807, 2.05) is 40.0 Å². The zero-order valence-corrected chi connectivity index (χ0v) is 18.1. The summed E-state index contributed by atoms with van der Waals surface area (Å²) in [5.41, 5.74) is 4.79. The zero-order valence-electron chi connectivity index (χ0n) is 16.5. The van der Waals surface area contributed by atoms with E-state index >= 15 is 0 Å². The van der Waals surface area contributed by atoms with Crippen molar-refractivity contribution in [2.24, 2.45) is 0 Å². The first-order chi connectivity index (χ1) is 12.5. The second-order valence-corrected chi connectivity index (χ2v) is 9.24. The van der Waals surface area contributed by atoms with Crippen molar-refractivity contribution < 1.29 is 13.2 Å². The first-order valence-electron chi connectivity index (χ1n) is 8.61. The molecule has 2 aromatic rings. The second kappa shape index (κ2) is 8.46. The van der Waals surface area contributed by atoms with Gasteiger partial charge in [0.1, 0.15) is 0 Å². The van der Waals surface area contributed by atoms with Gasteiger partial charge in [0.2, 0.25) is 15.9 Å². The number of hydrogen-bond donors (Lipinski definition) is 2. The molecular formula is C20H26N2O3S2. The standard InChI is InChI=1S/C20H26N2O3S2/c1-12-9-14(3)18(10-13(12)2)15(4)22-27(24,25)17-7-8-20(26-6)19(11-17)21-16(5)23/h7-11,15,22H,1-6H3,(H,21,23)/t15-/m0/s1. The lowest BCUT2D eigenvalue weighted by Crippen LogP contribution is -2.27. The monoisotopic (exact) mass is 406 g/mol. The minimum absolute atomic E-state index is 0.123. The van der Waals surface area contributed by atoms with Crippen molar-refractivity contribution in [2.45, 2.75) is 50.5 Å². The molecule has 0 spiro atoms. The Bertz CT molecular complexity index is 969. The number of rotatable bonds is 6. The number of carbonyl (C=O) groups is 1. The van der Waals surface area contributed by atoms with Gasteiger partial charge in [-0.05, 0) is 74.4 Å². The molecule has 27 heavy (non-hydrogen) atoms. The van der Waals surface area contributed by atoms with Crippen LogP contribution in [-0.2, 0) is 14.8 Å². The van der Waals surface area contributed by atoms with Gasteiger partial charge in [-0.1, -0.05) is 12.1 Å². The van der Waals surface area contributed by atoms with Crippen LogP contribution in [0.5, 0.6) is 0 Å². The lowest BCUT2D eigenvalue weighted by molar-refractivity contribution is -0.114. The SMILES string of the molecule is CSc1ccc(S(=O)(=O)N[C@@H](C)c2cc(C)c(C)cc2C)cc1NC(C)=O. The molecule has 146 valence electrons. The molecule has 0 unspecified atom stereocenters. The molecule has 2 aromatic carbocycles. The molecule has 7 heteroatoms. The highest BCUT2D eigenvalue weighted by molar-refractivity contribution is 7.98. The molecule has 1 atom stereocenters. The van der Waals surface area contributed by atoms with Gasteiger partial charge in [0, 0.05) is 17.9 Å². The first kappa shape index (κ1) is 21.5. The Hall–Kier alpha value is -1.83. The Kier molecular flexibility index (Phi) is 6.72. The van der Waals surface area contributed by atoms with Gasteiger partial charge in [0.15, 0.2) is 0 Å². The van der Waals surface area contributed by atoms with Gasteiger partial charge in [-0.15, -0.1) is 11.8 Å². The lowest BCUT2D eigenvalue weighted by Gasteiger charge is -2.19. The maximum Gasteiger partial charge on any atom is 0.241 e. The largest absolute Gasteiger partial charge is 0.325 e. The third-order valence-electron chi connectivity index (χ3n) is 4.47. The van der Waals surface area contributed by atoms with Crippen molar-refractivity contribution >= 4 is 33.4 Å². The summed E-state index contributed by atoms with van der Waals surface area (Å²) in [5.74, 6) is -0.244. The fourth-order valence-electron chi connectivity index (χ4n) is 2.96. The number of thioether (sulfide) groups is 1. The number of hydrogen-bond acceptors (Lipinski definition) is 4. The highest BCUT2D eigenvalue weighted by atomic mass is 32.2. The topological polar surface area (TPSA) is 75.3 Å². The van der Waals surface area contributed by atoms with Gasteiger partial charge in [-0.3, -0.25) is 4.79 Å².